The number of rotatable bonds is 4. The molecule has 5 nitrogen and oxygen atoms in total. The van der Waals surface area contributed by atoms with E-state index in [-0.39, 0.29) is 18.3 Å². The van der Waals surface area contributed by atoms with Crippen LogP contribution in [-0.4, -0.2) is 36.1 Å². The van der Waals surface area contributed by atoms with Gasteiger partial charge < -0.3 is 19.8 Å². The zero-order valence-corrected chi connectivity index (χ0v) is 13.6. The number of ether oxygens (including phenoxy) is 1. The first kappa shape index (κ1) is 17.3. The number of carbonyl (C=O) groups is 1. The summed E-state index contributed by atoms with van der Waals surface area (Å²) in [6.07, 6.45) is 9.16. The topological polar surface area (TPSA) is 68.7 Å². The summed E-state index contributed by atoms with van der Waals surface area (Å²) in [5.41, 5.74) is 6.10. The Balaban J connectivity index is 0.00000176. The van der Waals surface area contributed by atoms with Gasteiger partial charge in [0.15, 0.2) is 0 Å². The van der Waals surface area contributed by atoms with Crippen LogP contribution in [0, 0.1) is 0 Å². The molecule has 3 rings (SSSR count). The van der Waals surface area contributed by atoms with E-state index in [2.05, 4.69) is 0 Å². The molecule has 1 aliphatic heterocycles. The molecule has 124 valence electrons. The molecule has 2 N–H and O–H groups in total. The molecule has 1 aromatic heterocycles. The third kappa shape index (κ3) is 4.03. The molecule has 0 spiro atoms. The summed E-state index contributed by atoms with van der Waals surface area (Å²) in [6, 6.07) is 1.74. The van der Waals surface area contributed by atoms with E-state index in [1.54, 1.807) is 6.07 Å². The van der Waals surface area contributed by atoms with Crippen molar-refractivity contribution < 1.29 is 13.9 Å². The highest BCUT2D eigenvalue weighted by Crippen LogP contribution is 2.26. The number of carbonyl (C=O) groups excluding carboxylic acids is 1. The average molecular weight is 329 g/mol. The third-order valence-electron chi connectivity index (χ3n) is 4.52. The lowest BCUT2D eigenvalue weighted by Gasteiger charge is -2.33. The molecule has 2 fully saturated rings. The van der Waals surface area contributed by atoms with Gasteiger partial charge in [0, 0.05) is 13.1 Å². The number of hydrogen-bond acceptors (Lipinski definition) is 4. The Morgan fingerprint density at radius 2 is 1.86 bits per heavy atom. The van der Waals surface area contributed by atoms with E-state index in [4.69, 9.17) is 14.9 Å². The van der Waals surface area contributed by atoms with Crippen molar-refractivity contribution >= 4 is 18.3 Å². The van der Waals surface area contributed by atoms with Crippen LogP contribution in [0.4, 0.5) is 0 Å². The highest BCUT2D eigenvalue weighted by Gasteiger charge is 2.27. The number of furan rings is 1. The van der Waals surface area contributed by atoms with E-state index in [1.807, 2.05) is 4.90 Å². The predicted octanol–water partition coefficient (Wildman–Crippen LogP) is 2.72. The molecule has 1 aromatic rings. The molecular weight excluding hydrogens is 304 g/mol. The highest BCUT2D eigenvalue weighted by molar-refractivity contribution is 5.94. The fraction of sp³-hybridized carbons (Fsp3) is 0.688. The molecule has 1 saturated heterocycles. The van der Waals surface area contributed by atoms with Crippen LogP contribution >= 0.6 is 12.4 Å². The Morgan fingerprint density at radius 1 is 1.23 bits per heavy atom. The monoisotopic (exact) mass is 328 g/mol. The summed E-state index contributed by atoms with van der Waals surface area (Å²) in [6.45, 7) is 1.85. The quantitative estimate of drug-likeness (QED) is 0.922. The lowest BCUT2D eigenvalue weighted by Crippen LogP contribution is -2.41. The summed E-state index contributed by atoms with van der Waals surface area (Å²) in [7, 11) is 0. The number of nitrogens with zero attached hydrogens (tertiary/aromatic N) is 1. The highest BCUT2D eigenvalue weighted by atomic mass is 35.5. The van der Waals surface area contributed by atoms with Gasteiger partial charge in [-0.1, -0.05) is 12.8 Å². The van der Waals surface area contributed by atoms with Crippen LogP contribution in [0.25, 0.3) is 0 Å². The van der Waals surface area contributed by atoms with Crippen molar-refractivity contribution in [3.8, 4) is 0 Å². The minimum Gasteiger partial charge on any atom is -0.467 e. The van der Waals surface area contributed by atoms with E-state index in [9.17, 15) is 4.79 Å². The van der Waals surface area contributed by atoms with Gasteiger partial charge in [0.1, 0.15) is 12.0 Å². The number of hydrogen-bond donors (Lipinski definition) is 1. The first-order chi connectivity index (χ1) is 10.3. The maximum absolute atomic E-state index is 12.4. The third-order valence-corrected chi connectivity index (χ3v) is 4.52. The summed E-state index contributed by atoms with van der Waals surface area (Å²) < 4.78 is 11.4. The first-order valence-corrected chi connectivity index (χ1v) is 7.98. The number of nitrogens with two attached hydrogens (primary N) is 1. The number of likely N-dealkylation sites (tertiary alicyclic amines) is 1. The van der Waals surface area contributed by atoms with Crippen molar-refractivity contribution in [1.82, 2.24) is 4.90 Å². The summed E-state index contributed by atoms with van der Waals surface area (Å²) in [5, 5.41) is 0. The van der Waals surface area contributed by atoms with Crippen molar-refractivity contribution in [2.75, 3.05) is 13.1 Å². The van der Waals surface area contributed by atoms with Crippen LogP contribution in [-0.2, 0) is 11.3 Å². The molecule has 0 unspecified atom stereocenters. The minimum atomic E-state index is 0. The molecule has 1 saturated carbocycles. The maximum Gasteiger partial charge on any atom is 0.257 e. The van der Waals surface area contributed by atoms with E-state index < -0.39 is 0 Å². The van der Waals surface area contributed by atoms with Crippen LogP contribution in [0.15, 0.2) is 16.7 Å². The Kier molecular flexibility index (Phi) is 6.29. The van der Waals surface area contributed by atoms with E-state index in [1.165, 1.54) is 31.9 Å². The second-order valence-electron chi connectivity index (χ2n) is 6.04. The molecular formula is C16H25ClN2O3. The Hall–Kier alpha value is -1.04. The molecule has 0 atom stereocenters. The van der Waals surface area contributed by atoms with Crippen molar-refractivity contribution in [2.24, 2.45) is 5.73 Å². The first-order valence-electron chi connectivity index (χ1n) is 7.98. The van der Waals surface area contributed by atoms with Gasteiger partial charge in [0.2, 0.25) is 0 Å². The van der Waals surface area contributed by atoms with Gasteiger partial charge >= 0.3 is 0 Å². The van der Waals surface area contributed by atoms with Crippen LogP contribution in [0.1, 0.15) is 54.6 Å². The van der Waals surface area contributed by atoms with Crippen molar-refractivity contribution in [2.45, 2.75) is 57.3 Å². The Labute approximate surface area is 137 Å². The molecule has 22 heavy (non-hydrogen) atoms. The number of amides is 1. The predicted molar refractivity (Wildman–Crippen MR) is 86.1 cm³/mol. The van der Waals surface area contributed by atoms with Gasteiger partial charge in [-0.05, 0) is 31.7 Å². The summed E-state index contributed by atoms with van der Waals surface area (Å²) in [5.74, 6) is 0.690. The lowest BCUT2D eigenvalue weighted by atomic mass is 10.1. The second kappa shape index (κ2) is 7.99. The molecule has 1 amide bonds. The molecule has 0 radical (unpaired) electrons. The van der Waals surface area contributed by atoms with Crippen molar-refractivity contribution in [3.05, 3.63) is 23.7 Å². The SMILES string of the molecule is Cl.NCc1cc(C(=O)N2CCC(OC3CCCC3)CC2)co1. The van der Waals surface area contributed by atoms with Crippen LogP contribution in [0.5, 0.6) is 0 Å². The summed E-state index contributed by atoms with van der Waals surface area (Å²) >= 11 is 0. The Bertz CT molecular complexity index is 477. The molecule has 6 heteroatoms. The number of piperidine rings is 1. The molecule has 2 heterocycles. The van der Waals surface area contributed by atoms with E-state index in [0.717, 1.165) is 25.9 Å². The zero-order chi connectivity index (χ0) is 14.7. The summed E-state index contributed by atoms with van der Waals surface area (Å²) in [4.78, 5) is 14.3. The van der Waals surface area contributed by atoms with E-state index in [0.29, 0.717) is 30.1 Å². The minimum absolute atomic E-state index is 0. The molecule has 0 aromatic carbocycles. The van der Waals surface area contributed by atoms with Crippen LogP contribution in [0.3, 0.4) is 0 Å². The molecule has 1 aliphatic carbocycles. The lowest BCUT2D eigenvalue weighted by molar-refractivity contribution is -0.0357. The molecule has 2 aliphatic rings. The van der Waals surface area contributed by atoms with Gasteiger partial charge in [-0.15, -0.1) is 12.4 Å². The second-order valence-corrected chi connectivity index (χ2v) is 6.04. The number of halogens is 1. The fourth-order valence-corrected chi connectivity index (χ4v) is 3.27. The van der Waals surface area contributed by atoms with Crippen LogP contribution < -0.4 is 5.73 Å². The fourth-order valence-electron chi connectivity index (χ4n) is 3.27. The van der Waals surface area contributed by atoms with Gasteiger partial charge in [0.05, 0.1) is 24.3 Å². The van der Waals surface area contributed by atoms with Gasteiger partial charge in [0.25, 0.3) is 5.91 Å². The molecule has 0 bridgehead atoms. The largest absolute Gasteiger partial charge is 0.467 e. The van der Waals surface area contributed by atoms with Gasteiger partial charge in [-0.3, -0.25) is 4.79 Å². The zero-order valence-electron chi connectivity index (χ0n) is 12.8. The smallest absolute Gasteiger partial charge is 0.257 e. The standard InChI is InChI=1S/C16H24N2O3.ClH/c17-10-15-9-12(11-20-15)16(19)18-7-5-14(6-8-18)21-13-3-1-2-4-13;/h9,11,13-14H,1-8,10,17H2;1H. The van der Waals surface area contributed by atoms with Crippen molar-refractivity contribution in [3.63, 3.8) is 0 Å². The maximum atomic E-state index is 12.4. The van der Waals surface area contributed by atoms with Gasteiger partial charge in [-0.25, -0.2) is 0 Å². The average Bonchev–Trinajstić information content (AvgIpc) is 3.18. The van der Waals surface area contributed by atoms with Crippen LogP contribution in [0.2, 0.25) is 0 Å². The normalized spacial score (nSPS) is 20.1. The van der Waals surface area contributed by atoms with Crippen molar-refractivity contribution in [1.29, 1.82) is 0 Å². The Morgan fingerprint density at radius 3 is 2.45 bits per heavy atom. The van der Waals surface area contributed by atoms with E-state index >= 15 is 0 Å². The van der Waals surface area contributed by atoms with Gasteiger partial charge in [-0.2, -0.15) is 0 Å².